The predicted molar refractivity (Wildman–Crippen MR) is 87.2 cm³/mol. The summed E-state index contributed by atoms with van der Waals surface area (Å²) in [5.74, 6) is -0.184. The average molecular weight is 304 g/mol. The van der Waals surface area contributed by atoms with E-state index in [9.17, 15) is 4.79 Å². The van der Waals surface area contributed by atoms with Crippen molar-refractivity contribution < 1.29 is 4.79 Å². The maximum Gasteiger partial charge on any atom is 0.257 e. The summed E-state index contributed by atoms with van der Waals surface area (Å²) in [6.45, 7) is 4.78. The van der Waals surface area contributed by atoms with Gasteiger partial charge in [0.15, 0.2) is 0 Å². The van der Waals surface area contributed by atoms with E-state index in [0.717, 1.165) is 24.2 Å². The molecule has 1 aromatic carbocycles. The minimum absolute atomic E-state index is 0.184. The van der Waals surface area contributed by atoms with Crippen LogP contribution in [0.15, 0.2) is 36.7 Å². The zero-order chi connectivity index (χ0) is 15.2. The van der Waals surface area contributed by atoms with Gasteiger partial charge >= 0.3 is 0 Å². The lowest BCUT2D eigenvalue weighted by atomic mass is 10.2. The normalized spacial score (nSPS) is 10.2. The van der Waals surface area contributed by atoms with E-state index in [1.165, 1.54) is 0 Å². The number of aryl methyl sites for hydroxylation is 1. The van der Waals surface area contributed by atoms with Crippen LogP contribution in [0.3, 0.4) is 0 Å². The first-order chi connectivity index (χ1) is 10.1. The molecule has 0 spiro atoms. The summed E-state index contributed by atoms with van der Waals surface area (Å²) in [6, 6.07) is 7.15. The number of anilines is 2. The Morgan fingerprint density at radius 3 is 2.86 bits per heavy atom. The molecule has 0 aliphatic rings. The Labute approximate surface area is 129 Å². The molecule has 2 N–H and O–H groups in total. The molecule has 1 heterocycles. The fraction of sp³-hybridized carbons (Fsp3) is 0.250. The van der Waals surface area contributed by atoms with Gasteiger partial charge in [-0.25, -0.2) is 0 Å². The summed E-state index contributed by atoms with van der Waals surface area (Å²) in [5, 5.41) is 6.68. The highest BCUT2D eigenvalue weighted by atomic mass is 35.5. The number of benzene rings is 1. The van der Waals surface area contributed by atoms with Crippen LogP contribution in [0.25, 0.3) is 0 Å². The van der Waals surface area contributed by atoms with Crippen LogP contribution in [0.1, 0.15) is 29.3 Å². The second kappa shape index (κ2) is 7.09. The van der Waals surface area contributed by atoms with Gasteiger partial charge < -0.3 is 10.6 Å². The van der Waals surface area contributed by atoms with Gasteiger partial charge in [0.25, 0.3) is 5.91 Å². The molecule has 0 fully saturated rings. The summed E-state index contributed by atoms with van der Waals surface area (Å²) in [4.78, 5) is 16.4. The number of carbonyl (C=O) groups is 1. The number of hydrogen-bond acceptors (Lipinski definition) is 3. The Morgan fingerprint density at radius 2 is 2.14 bits per heavy atom. The molecule has 0 atom stereocenters. The Bertz CT molecular complexity index is 643. The molecule has 0 saturated carbocycles. The summed E-state index contributed by atoms with van der Waals surface area (Å²) in [6.07, 6.45) is 4.24. The van der Waals surface area contributed by atoms with Crippen LogP contribution in [-0.2, 0) is 0 Å². The molecular weight excluding hydrogens is 286 g/mol. The minimum atomic E-state index is -0.184. The van der Waals surface area contributed by atoms with E-state index in [1.807, 2.05) is 19.1 Å². The lowest BCUT2D eigenvalue weighted by Gasteiger charge is -2.11. The van der Waals surface area contributed by atoms with Crippen LogP contribution in [0.5, 0.6) is 0 Å². The molecule has 0 saturated heterocycles. The standard InChI is InChI=1S/C16H18ClN3O/c1-3-7-19-15-10-18-8-6-13(15)16(21)20-12-5-4-11(2)14(17)9-12/h4-6,8-10,19H,3,7H2,1-2H3,(H,20,21). The molecule has 0 aliphatic carbocycles. The largest absolute Gasteiger partial charge is 0.383 e. The molecule has 2 rings (SSSR count). The fourth-order valence-electron chi connectivity index (χ4n) is 1.86. The van der Waals surface area contributed by atoms with E-state index >= 15 is 0 Å². The number of rotatable bonds is 5. The van der Waals surface area contributed by atoms with Gasteiger partial charge in [-0.15, -0.1) is 0 Å². The molecule has 21 heavy (non-hydrogen) atoms. The van der Waals surface area contributed by atoms with Crippen LogP contribution in [0.2, 0.25) is 5.02 Å². The number of pyridine rings is 1. The molecule has 110 valence electrons. The molecule has 1 aromatic heterocycles. The van der Waals surface area contributed by atoms with Crippen LogP contribution in [0.4, 0.5) is 11.4 Å². The number of amides is 1. The highest BCUT2D eigenvalue weighted by Crippen LogP contribution is 2.21. The van der Waals surface area contributed by atoms with Gasteiger partial charge in [0.05, 0.1) is 17.4 Å². The molecule has 0 bridgehead atoms. The van der Waals surface area contributed by atoms with E-state index < -0.39 is 0 Å². The van der Waals surface area contributed by atoms with Crippen LogP contribution < -0.4 is 10.6 Å². The van der Waals surface area contributed by atoms with Crippen LogP contribution >= 0.6 is 11.6 Å². The number of nitrogens with zero attached hydrogens (tertiary/aromatic N) is 1. The Morgan fingerprint density at radius 1 is 1.33 bits per heavy atom. The molecule has 0 radical (unpaired) electrons. The number of halogens is 1. The second-order valence-corrected chi connectivity index (χ2v) is 5.17. The zero-order valence-electron chi connectivity index (χ0n) is 12.1. The summed E-state index contributed by atoms with van der Waals surface area (Å²) in [7, 11) is 0. The SMILES string of the molecule is CCCNc1cnccc1C(=O)Nc1ccc(C)c(Cl)c1. The Kier molecular flexibility index (Phi) is 5.17. The second-order valence-electron chi connectivity index (χ2n) is 4.77. The summed E-state index contributed by atoms with van der Waals surface area (Å²) in [5.41, 5.74) is 2.95. The summed E-state index contributed by atoms with van der Waals surface area (Å²) < 4.78 is 0. The van der Waals surface area contributed by atoms with Gasteiger partial charge in [-0.05, 0) is 37.1 Å². The van der Waals surface area contributed by atoms with E-state index in [-0.39, 0.29) is 5.91 Å². The first kappa shape index (κ1) is 15.3. The highest BCUT2D eigenvalue weighted by molar-refractivity contribution is 6.31. The van der Waals surface area contributed by atoms with Gasteiger partial charge in [-0.3, -0.25) is 9.78 Å². The minimum Gasteiger partial charge on any atom is -0.383 e. The Balaban J connectivity index is 2.18. The van der Waals surface area contributed by atoms with Crippen molar-refractivity contribution in [2.45, 2.75) is 20.3 Å². The summed E-state index contributed by atoms with van der Waals surface area (Å²) >= 11 is 6.07. The number of aromatic nitrogens is 1. The van der Waals surface area contributed by atoms with Crippen molar-refractivity contribution in [1.29, 1.82) is 0 Å². The van der Waals surface area contributed by atoms with Gasteiger partial charge in [0, 0.05) is 23.5 Å². The topological polar surface area (TPSA) is 54.0 Å². The van der Waals surface area contributed by atoms with E-state index in [2.05, 4.69) is 22.5 Å². The molecule has 0 aliphatic heterocycles. The van der Waals surface area contributed by atoms with Gasteiger partial charge in [-0.2, -0.15) is 0 Å². The smallest absolute Gasteiger partial charge is 0.257 e. The number of carbonyl (C=O) groups excluding carboxylic acids is 1. The maximum absolute atomic E-state index is 12.4. The van der Waals surface area contributed by atoms with Crippen molar-refractivity contribution in [3.8, 4) is 0 Å². The van der Waals surface area contributed by atoms with Gasteiger partial charge in [0.2, 0.25) is 0 Å². The third-order valence-corrected chi connectivity index (χ3v) is 3.47. The molecule has 5 heteroatoms. The third kappa shape index (κ3) is 3.95. The van der Waals surface area contributed by atoms with Crippen molar-refractivity contribution in [3.63, 3.8) is 0 Å². The van der Waals surface area contributed by atoms with Crippen molar-refractivity contribution in [3.05, 3.63) is 52.8 Å². The lowest BCUT2D eigenvalue weighted by molar-refractivity contribution is 0.102. The maximum atomic E-state index is 12.4. The lowest BCUT2D eigenvalue weighted by Crippen LogP contribution is -2.15. The van der Waals surface area contributed by atoms with Crippen molar-refractivity contribution in [2.24, 2.45) is 0 Å². The zero-order valence-corrected chi connectivity index (χ0v) is 12.9. The van der Waals surface area contributed by atoms with Crippen molar-refractivity contribution in [1.82, 2.24) is 4.98 Å². The van der Waals surface area contributed by atoms with Gasteiger partial charge in [0.1, 0.15) is 0 Å². The molecule has 2 aromatic rings. The molecule has 0 unspecified atom stereocenters. The van der Waals surface area contributed by atoms with Crippen LogP contribution in [-0.4, -0.2) is 17.4 Å². The van der Waals surface area contributed by atoms with Crippen LogP contribution in [0, 0.1) is 6.92 Å². The number of hydrogen-bond donors (Lipinski definition) is 2. The van der Waals surface area contributed by atoms with Crippen molar-refractivity contribution >= 4 is 28.9 Å². The first-order valence-electron chi connectivity index (χ1n) is 6.87. The Hall–Kier alpha value is -2.07. The third-order valence-electron chi connectivity index (χ3n) is 3.06. The van der Waals surface area contributed by atoms with E-state index in [0.29, 0.717) is 16.3 Å². The van der Waals surface area contributed by atoms with E-state index in [4.69, 9.17) is 11.6 Å². The fourth-order valence-corrected chi connectivity index (χ4v) is 2.04. The molecule has 1 amide bonds. The average Bonchev–Trinajstić information content (AvgIpc) is 2.49. The molecular formula is C16H18ClN3O. The quantitative estimate of drug-likeness (QED) is 0.873. The first-order valence-corrected chi connectivity index (χ1v) is 7.25. The van der Waals surface area contributed by atoms with E-state index in [1.54, 1.807) is 24.5 Å². The number of nitrogens with one attached hydrogen (secondary N) is 2. The van der Waals surface area contributed by atoms with Gasteiger partial charge in [-0.1, -0.05) is 24.6 Å². The predicted octanol–water partition coefficient (Wildman–Crippen LogP) is 4.12. The molecule has 4 nitrogen and oxygen atoms in total. The monoisotopic (exact) mass is 303 g/mol. The van der Waals surface area contributed by atoms with Crippen molar-refractivity contribution in [2.75, 3.05) is 17.2 Å². The highest BCUT2D eigenvalue weighted by Gasteiger charge is 2.11.